The molecule has 0 aromatic carbocycles. The van der Waals surface area contributed by atoms with Gasteiger partial charge >= 0.3 is 0 Å². The van der Waals surface area contributed by atoms with E-state index in [-0.39, 0.29) is 0 Å². The summed E-state index contributed by atoms with van der Waals surface area (Å²) in [5.74, 6) is 0.839. The zero-order valence-electron chi connectivity index (χ0n) is 11.7. The maximum atomic E-state index is 5.11. The Labute approximate surface area is 102 Å². The van der Waals surface area contributed by atoms with Crippen molar-refractivity contribution >= 4 is 0 Å². The second kappa shape index (κ2) is 11.4. The van der Waals surface area contributed by atoms with Crippen molar-refractivity contribution < 1.29 is 4.74 Å². The molecule has 16 heavy (non-hydrogen) atoms. The lowest BCUT2D eigenvalue weighted by Gasteiger charge is -2.18. The molecule has 1 unspecified atom stereocenters. The van der Waals surface area contributed by atoms with Crippen molar-refractivity contribution in [3.05, 3.63) is 0 Å². The summed E-state index contributed by atoms with van der Waals surface area (Å²) in [6.45, 7) is 8.89. The molecule has 0 aromatic rings. The van der Waals surface area contributed by atoms with Gasteiger partial charge in [-0.25, -0.2) is 0 Å². The van der Waals surface area contributed by atoms with Crippen LogP contribution in [0.5, 0.6) is 0 Å². The highest BCUT2D eigenvalue weighted by molar-refractivity contribution is 4.67. The molecular weight excluding hydrogens is 198 g/mol. The lowest BCUT2D eigenvalue weighted by atomic mass is 10.0. The molecule has 0 aromatic heterocycles. The molecule has 0 aliphatic heterocycles. The fraction of sp³-hybridized carbons (Fsp3) is 1.00. The molecule has 0 aliphatic rings. The fourth-order valence-corrected chi connectivity index (χ4v) is 1.94. The Morgan fingerprint density at radius 1 is 1.06 bits per heavy atom. The van der Waals surface area contributed by atoms with Gasteiger partial charge in [-0.1, -0.05) is 33.6 Å². The van der Waals surface area contributed by atoms with Gasteiger partial charge < -0.3 is 10.1 Å². The van der Waals surface area contributed by atoms with Crippen LogP contribution in [0.25, 0.3) is 0 Å². The van der Waals surface area contributed by atoms with Crippen molar-refractivity contribution in [2.45, 2.75) is 65.3 Å². The first-order valence-corrected chi connectivity index (χ1v) is 6.93. The first-order chi connectivity index (χ1) is 7.70. The summed E-state index contributed by atoms with van der Waals surface area (Å²) < 4.78 is 5.11. The summed E-state index contributed by atoms with van der Waals surface area (Å²) in [6.07, 6.45) is 7.69. The molecule has 0 rings (SSSR count). The Morgan fingerprint density at radius 2 is 1.75 bits per heavy atom. The molecule has 0 heterocycles. The number of nitrogens with one attached hydrogen (secondary N) is 1. The zero-order valence-corrected chi connectivity index (χ0v) is 11.7. The molecule has 0 amide bonds. The summed E-state index contributed by atoms with van der Waals surface area (Å²) in [6, 6.07) is 0.703. The van der Waals surface area contributed by atoms with Gasteiger partial charge in [-0.2, -0.15) is 0 Å². The average molecular weight is 229 g/mol. The highest BCUT2D eigenvalue weighted by atomic mass is 16.5. The third kappa shape index (κ3) is 10.4. The Hall–Kier alpha value is -0.0800. The minimum absolute atomic E-state index is 0.703. The smallest absolute Gasteiger partial charge is 0.0462 e. The predicted octanol–water partition coefficient (Wildman–Crippen LogP) is 3.61. The molecule has 0 bridgehead atoms. The van der Waals surface area contributed by atoms with Crippen molar-refractivity contribution in [1.29, 1.82) is 0 Å². The monoisotopic (exact) mass is 229 g/mol. The molecule has 0 radical (unpaired) electrons. The molecule has 1 atom stereocenters. The molecule has 0 fully saturated rings. The van der Waals surface area contributed by atoms with Crippen molar-refractivity contribution in [2.24, 2.45) is 5.92 Å². The van der Waals surface area contributed by atoms with E-state index in [1.807, 2.05) is 0 Å². The normalized spacial score (nSPS) is 13.3. The minimum Gasteiger partial charge on any atom is -0.385 e. The number of hydrogen-bond acceptors (Lipinski definition) is 2. The first kappa shape index (κ1) is 15.9. The number of rotatable bonds is 11. The molecule has 2 nitrogen and oxygen atoms in total. The van der Waals surface area contributed by atoms with Crippen molar-refractivity contribution in [3.8, 4) is 0 Å². The van der Waals surface area contributed by atoms with Gasteiger partial charge in [0.15, 0.2) is 0 Å². The Bertz CT molecular complexity index is 137. The standard InChI is InChI=1S/C14H31NO/c1-5-11-15-14(10-7-12-16-4)9-6-8-13(2)3/h13-15H,5-12H2,1-4H3. The minimum atomic E-state index is 0.703. The topological polar surface area (TPSA) is 21.3 Å². The highest BCUT2D eigenvalue weighted by Crippen LogP contribution is 2.11. The van der Waals surface area contributed by atoms with Gasteiger partial charge in [0.1, 0.15) is 0 Å². The number of methoxy groups -OCH3 is 1. The van der Waals surface area contributed by atoms with E-state index in [1.54, 1.807) is 7.11 Å². The largest absolute Gasteiger partial charge is 0.385 e. The van der Waals surface area contributed by atoms with Crippen LogP contribution in [-0.4, -0.2) is 26.3 Å². The van der Waals surface area contributed by atoms with Crippen LogP contribution in [0.15, 0.2) is 0 Å². The van der Waals surface area contributed by atoms with E-state index in [0.717, 1.165) is 19.1 Å². The average Bonchev–Trinajstić information content (AvgIpc) is 2.25. The molecule has 0 spiro atoms. The van der Waals surface area contributed by atoms with E-state index >= 15 is 0 Å². The maximum Gasteiger partial charge on any atom is 0.0462 e. The quantitative estimate of drug-likeness (QED) is 0.547. The lowest BCUT2D eigenvalue weighted by Crippen LogP contribution is -2.30. The Balaban J connectivity index is 3.62. The summed E-state index contributed by atoms with van der Waals surface area (Å²) in [5, 5.41) is 3.65. The molecule has 1 N–H and O–H groups in total. The van der Waals surface area contributed by atoms with Crippen LogP contribution in [-0.2, 0) is 4.74 Å². The van der Waals surface area contributed by atoms with Gasteiger partial charge in [0.2, 0.25) is 0 Å². The SMILES string of the molecule is CCCNC(CCCOC)CCCC(C)C. The molecule has 0 aliphatic carbocycles. The summed E-state index contributed by atoms with van der Waals surface area (Å²) in [7, 11) is 1.78. The van der Waals surface area contributed by atoms with E-state index in [2.05, 4.69) is 26.1 Å². The van der Waals surface area contributed by atoms with E-state index in [0.29, 0.717) is 6.04 Å². The third-order valence-corrected chi connectivity index (χ3v) is 2.92. The molecule has 98 valence electrons. The first-order valence-electron chi connectivity index (χ1n) is 6.93. The van der Waals surface area contributed by atoms with E-state index in [1.165, 1.54) is 38.5 Å². The van der Waals surface area contributed by atoms with E-state index in [4.69, 9.17) is 4.74 Å². The number of hydrogen-bond donors (Lipinski definition) is 1. The van der Waals surface area contributed by atoms with Crippen LogP contribution in [0.1, 0.15) is 59.3 Å². The van der Waals surface area contributed by atoms with Crippen LogP contribution >= 0.6 is 0 Å². The summed E-state index contributed by atoms with van der Waals surface area (Å²) in [5.41, 5.74) is 0. The van der Waals surface area contributed by atoms with Gasteiger partial charge in [-0.05, 0) is 38.1 Å². The van der Waals surface area contributed by atoms with Crippen LogP contribution in [0.4, 0.5) is 0 Å². The fourth-order valence-electron chi connectivity index (χ4n) is 1.94. The maximum absolute atomic E-state index is 5.11. The Morgan fingerprint density at radius 3 is 2.31 bits per heavy atom. The van der Waals surface area contributed by atoms with Gasteiger partial charge in [-0.3, -0.25) is 0 Å². The van der Waals surface area contributed by atoms with E-state index < -0.39 is 0 Å². The van der Waals surface area contributed by atoms with Gasteiger partial charge in [0.05, 0.1) is 0 Å². The Kier molecular flexibility index (Phi) is 11.3. The van der Waals surface area contributed by atoms with Crippen LogP contribution in [0.3, 0.4) is 0 Å². The number of ether oxygens (including phenoxy) is 1. The highest BCUT2D eigenvalue weighted by Gasteiger charge is 2.07. The van der Waals surface area contributed by atoms with Crippen LogP contribution in [0, 0.1) is 5.92 Å². The zero-order chi connectivity index (χ0) is 12.2. The van der Waals surface area contributed by atoms with Crippen molar-refractivity contribution in [2.75, 3.05) is 20.3 Å². The van der Waals surface area contributed by atoms with Gasteiger partial charge in [-0.15, -0.1) is 0 Å². The molecule has 0 saturated carbocycles. The van der Waals surface area contributed by atoms with Crippen molar-refractivity contribution in [1.82, 2.24) is 5.32 Å². The van der Waals surface area contributed by atoms with Crippen LogP contribution in [0.2, 0.25) is 0 Å². The van der Waals surface area contributed by atoms with Gasteiger partial charge in [0, 0.05) is 19.8 Å². The second-order valence-electron chi connectivity index (χ2n) is 5.11. The second-order valence-corrected chi connectivity index (χ2v) is 5.11. The molecule has 2 heteroatoms. The van der Waals surface area contributed by atoms with Crippen LogP contribution < -0.4 is 5.32 Å². The predicted molar refractivity (Wildman–Crippen MR) is 71.9 cm³/mol. The van der Waals surface area contributed by atoms with E-state index in [9.17, 15) is 0 Å². The summed E-state index contributed by atoms with van der Waals surface area (Å²) >= 11 is 0. The van der Waals surface area contributed by atoms with Crippen molar-refractivity contribution in [3.63, 3.8) is 0 Å². The van der Waals surface area contributed by atoms with Gasteiger partial charge in [0.25, 0.3) is 0 Å². The third-order valence-electron chi connectivity index (χ3n) is 2.92. The lowest BCUT2D eigenvalue weighted by molar-refractivity contribution is 0.187. The molecule has 0 saturated heterocycles. The molecular formula is C14H31NO. The summed E-state index contributed by atoms with van der Waals surface area (Å²) in [4.78, 5) is 0.